The van der Waals surface area contributed by atoms with Gasteiger partial charge in [-0.25, -0.2) is 0 Å². The van der Waals surface area contributed by atoms with Gasteiger partial charge in [0.15, 0.2) is 5.76 Å². The van der Waals surface area contributed by atoms with Crippen molar-refractivity contribution in [3.05, 3.63) is 23.7 Å². The van der Waals surface area contributed by atoms with Gasteiger partial charge in [-0.15, -0.1) is 0 Å². The van der Waals surface area contributed by atoms with E-state index >= 15 is 0 Å². The topological polar surface area (TPSA) is 71.5 Å². The third kappa shape index (κ3) is 2.79. The number of carbonyl (C=O) groups excluding carboxylic acids is 1. The van der Waals surface area contributed by atoms with E-state index in [1.807, 2.05) is 14.0 Å². The molecule has 3 N–H and O–H groups in total. The van der Waals surface area contributed by atoms with E-state index in [0.717, 1.165) is 31.5 Å². The van der Waals surface area contributed by atoms with Crippen LogP contribution in [0.3, 0.4) is 0 Å². The van der Waals surface area contributed by atoms with Crippen LogP contribution in [0.1, 0.15) is 29.0 Å². The number of likely N-dealkylation sites (tertiary alicyclic amines) is 1. The van der Waals surface area contributed by atoms with Crippen LogP contribution in [0, 0.1) is 6.92 Å². The molecule has 1 aromatic heterocycles. The lowest BCUT2D eigenvalue weighted by Crippen LogP contribution is -2.61. The van der Waals surface area contributed by atoms with E-state index < -0.39 is 5.54 Å². The number of nitrogens with zero attached hydrogens (tertiary/aromatic N) is 1. The molecule has 0 aliphatic carbocycles. The molecule has 0 spiro atoms. The van der Waals surface area contributed by atoms with Crippen LogP contribution in [-0.4, -0.2) is 41.5 Å². The fourth-order valence-corrected chi connectivity index (χ4v) is 2.57. The minimum absolute atomic E-state index is 0.250. The lowest BCUT2D eigenvalue weighted by molar-refractivity contribution is 0.0861. The van der Waals surface area contributed by atoms with Gasteiger partial charge >= 0.3 is 0 Å². The molecule has 2 heterocycles. The van der Waals surface area contributed by atoms with E-state index in [9.17, 15) is 4.79 Å². The normalized spacial score (nSPS) is 19.1. The van der Waals surface area contributed by atoms with Crippen molar-refractivity contribution in [1.29, 1.82) is 0 Å². The van der Waals surface area contributed by atoms with Crippen LogP contribution >= 0.6 is 12.2 Å². The van der Waals surface area contributed by atoms with Gasteiger partial charge in [0, 0.05) is 18.7 Å². The zero-order valence-electron chi connectivity index (χ0n) is 11.2. The smallest absolute Gasteiger partial charge is 0.288 e. The predicted molar refractivity (Wildman–Crippen MR) is 77.2 cm³/mol. The summed E-state index contributed by atoms with van der Waals surface area (Å²) in [5.41, 5.74) is 6.06. The Labute approximate surface area is 118 Å². The number of carbonyl (C=O) groups is 1. The Morgan fingerprint density at radius 3 is 2.63 bits per heavy atom. The predicted octanol–water partition coefficient (Wildman–Crippen LogP) is 1.07. The molecule has 0 saturated carbocycles. The molecule has 0 aromatic carbocycles. The third-order valence-electron chi connectivity index (χ3n) is 3.73. The first-order chi connectivity index (χ1) is 8.94. The number of hydrogen-bond acceptors (Lipinski definition) is 4. The molecule has 0 bridgehead atoms. The van der Waals surface area contributed by atoms with Gasteiger partial charge in [-0.2, -0.15) is 0 Å². The molecule has 6 heteroatoms. The van der Waals surface area contributed by atoms with Crippen LogP contribution in [0.5, 0.6) is 0 Å². The lowest BCUT2D eigenvalue weighted by Gasteiger charge is -2.40. The molecule has 104 valence electrons. The summed E-state index contributed by atoms with van der Waals surface area (Å²) in [7, 11) is 2.04. The lowest BCUT2D eigenvalue weighted by atomic mass is 9.87. The maximum atomic E-state index is 12.3. The summed E-state index contributed by atoms with van der Waals surface area (Å²) in [6.07, 6.45) is 2.96. The Kier molecular flexibility index (Phi) is 3.91. The van der Waals surface area contributed by atoms with Crippen LogP contribution in [-0.2, 0) is 0 Å². The Balaban J connectivity index is 2.16. The van der Waals surface area contributed by atoms with Crippen molar-refractivity contribution in [1.82, 2.24) is 10.2 Å². The van der Waals surface area contributed by atoms with Crippen molar-refractivity contribution in [3.8, 4) is 0 Å². The number of nitrogens with two attached hydrogens (primary N) is 1. The molecule has 0 unspecified atom stereocenters. The SMILES string of the molecule is Cc1ccoc1C(=O)NC1(C(N)=S)CCN(C)CC1. The van der Waals surface area contributed by atoms with Gasteiger partial charge in [0.2, 0.25) is 0 Å². The number of furan rings is 1. The fourth-order valence-electron chi connectivity index (χ4n) is 2.31. The van der Waals surface area contributed by atoms with E-state index in [-0.39, 0.29) is 5.91 Å². The van der Waals surface area contributed by atoms with E-state index in [1.54, 1.807) is 6.07 Å². The van der Waals surface area contributed by atoms with Crippen molar-refractivity contribution >= 4 is 23.1 Å². The summed E-state index contributed by atoms with van der Waals surface area (Å²) in [5, 5.41) is 2.97. The molecule has 1 saturated heterocycles. The van der Waals surface area contributed by atoms with E-state index in [4.69, 9.17) is 22.4 Å². The highest BCUT2D eigenvalue weighted by atomic mass is 32.1. The summed E-state index contributed by atoms with van der Waals surface area (Å²) in [5.74, 6) is 0.0782. The molecule has 1 aromatic rings. The highest BCUT2D eigenvalue weighted by Gasteiger charge is 2.38. The number of nitrogens with one attached hydrogen (secondary N) is 1. The maximum Gasteiger partial charge on any atom is 0.288 e. The van der Waals surface area contributed by atoms with Crippen LogP contribution in [0.25, 0.3) is 0 Å². The standard InChI is InChI=1S/C13H19N3O2S/c1-9-3-8-18-10(9)11(17)15-13(12(14)19)4-6-16(2)7-5-13/h3,8H,4-7H2,1-2H3,(H2,14,19)(H,15,17). The average Bonchev–Trinajstić information content (AvgIpc) is 2.78. The first-order valence-electron chi connectivity index (χ1n) is 6.30. The van der Waals surface area contributed by atoms with Crippen molar-refractivity contribution in [2.45, 2.75) is 25.3 Å². The largest absolute Gasteiger partial charge is 0.459 e. The average molecular weight is 281 g/mol. The van der Waals surface area contributed by atoms with E-state index in [2.05, 4.69) is 10.2 Å². The van der Waals surface area contributed by atoms with Crippen LogP contribution in [0.4, 0.5) is 0 Å². The molecule has 1 aliphatic heterocycles. The minimum atomic E-state index is -0.599. The number of thiocarbonyl (C=S) groups is 1. The molecule has 0 atom stereocenters. The fraction of sp³-hybridized carbons (Fsp3) is 0.538. The van der Waals surface area contributed by atoms with Gasteiger partial charge in [-0.05, 0) is 32.9 Å². The summed E-state index contributed by atoms with van der Waals surface area (Å²) >= 11 is 5.16. The van der Waals surface area contributed by atoms with Crippen LogP contribution in [0.15, 0.2) is 16.7 Å². The number of rotatable bonds is 3. The van der Waals surface area contributed by atoms with Gasteiger partial charge in [0.25, 0.3) is 5.91 Å². The van der Waals surface area contributed by atoms with Gasteiger partial charge in [0.1, 0.15) is 0 Å². The Morgan fingerprint density at radius 1 is 1.53 bits per heavy atom. The second kappa shape index (κ2) is 5.30. The number of aryl methyl sites for hydroxylation is 1. The van der Waals surface area contributed by atoms with Gasteiger partial charge in [-0.3, -0.25) is 4.79 Å². The molecule has 5 nitrogen and oxygen atoms in total. The summed E-state index contributed by atoms with van der Waals surface area (Å²) in [6, 6.07) is 1.76. The van der Waals surface area contributed by atoms with Crippen molar-refractivity contribution in [2.24, 2.45) is 5.73 Å². The second-order valence-electron chi connectivity index (χ2n) is 5.14. The number of piperidine rings is 1. The van der Waals surface area contributed by atoms with Crippen molar-refractivity contribution < 1.29 is 9.21 Å². The molecule has 1 aliphatic rings. The first kappa shape index (κ1) is 14.0. The second-order valence-corrected chi connectivity index (χ2v) is 5.58. The van der Waals surface area contributed by atoms with E-state index in [1.165, 1.54) is 6.26 Å². The van der Waals surface area contributed by atoms with Crippen molar-refractivity contribution in [3.63, 3.8) is 0 Å². The van der Waals surface area contributed by atoms with Crippen LogP contribution in [0.2, 0.25) is 0 Å². The maximum absolute atomic E-state index is 12.3. The highest BCUT2D eigenvalue weighted by Crippen LogP contribution is 2.23. The zero-order valence-corrected chi connectivity index (χ0v) is 12.0. The monoisotopic (exact) mass is 281 g/mol. The first-order valence-corrected chi connectivity index (χ1v) is 6.70. The quantitative estimate of drug-likeness (QED) is 0.811. The zero-order chi connectivity index (χ0) is 14.0. The van der Waals surface area contributed by atoms with E-state index in [0.29, 0.717) is 10.7 Å². The van der Waals surface area contributed by atoms with Gasteiger partial charge < -0.3 is 20.4 Å². The third-order valence-corrected chi connectivity index (χ3v) is 4.12. The summed E-state index contributed by atoms with van der Waals surface area (Å²) in [6.45, 7) is 3.55. The highest BCUT2D eigenvalue weighted by molar-refractivity contribution is 7.80. The summed E-state index contributed by atoms with van der Waals surface area (Å²) in [4.78, 5) is 14.8. The Hall–Kier alpha value is -1.40. The molecule has 19 heavy (non-hydrogen) atoms. The molecule has 1 amide bonds. The summed E-state index contributed by atoms with van der Waals surface area (Å²) < 4.78 is 5.21. The number of hydrogen-bond donors (Lipinski definition) is 2. The Morgan fingerprint density at radius 2 is 2.16 bits per heavy atom. The molecule has 0 radical (unpaired) electrons. The van der Waals surface area contributed by atoms with Crippen molar-refractivity contribution in [2.75, 3.05) is 20.1 Å². The van der Waals surface area contributed by atoms with Gasteiger partial charge in [-0.1, -0.05) is 12.2 Å². The minimum Gasteiger partial charge on any atom is -0.459 e. The van der Waals surface area contributed by atoms with Gasteiger partial charge in [0.05, 0.1) is 16.8 Å². The molecule has 1 fully saturated rings. The molecular weight excluding hydrogens is 262 g/mol. The molecule has 2 rings (SSSR count). The molecular formula is C13H19N3O2S. The number of amides is 1. The Bertz CT molecular complexity index is 490. The van der Waals surface area contributed by atoms with Crippen LogP contribution < -0.4 is 11.1 Å².